The summed E-state index contributed by atoms with van der Waals surface area (Å²) in [6.07, 6.45) is 2.26. The lowest BCUT2D eigenvalue weighted by atomic mass is 10.1. The molecule has 3 heteroatoms. The standard InChI is InChI=1S/C14H21N3/c1-16-6-8-17(9-7-16)12-4-2-11-3-5-14(15)13(11)10-12/h2,4,10,14H,3,5-9,15H2,1H3. The highest BCUT2D eigenvalue weighted by Crippen LogP contribution is 2.32. The van der Waals surface area contributed by atoms with Gasteiger partial charge in [0.15, 0.2) is 0 Å². The number of aryl methyl sites for hydroxylation is 1. The summed E-state index contributed by atoms with van der Waals surface area (Å²) < 4.78 is 0. The van der Waals surface area contributed by atoms with Crippen LogP contribution >= 0.6 is 0 Å². The molecule has 0 radical (unpaired) electrons. The van der Waals surface area contributed by atoms with Gasteiger partial charge >= 0.3 is 0 Å². The highest BCUT2D eigenvalue weighted by atomic mass is 15.2. The fourth-order valence-electron chi connectivity index (χ4n) is 2.88. The topological polar surface area (TPSA) is 32.5 Å². The van der Waals surface area contributed by atoms with Crippen LogP contribution in [0.4, 0.5) is 5.69 Å². The smallest absolute Gasteiger partial charge is 0.0370 e. The summed E-state index contributed by atoms with van der Waals surface area (Å²) in [5.74, 6) is 0. The fourth-order valence-corrected chi connectivity index (χ4v) is 2.88. The SMILES string of the molecule is CN1CCN(c2ccc3c(c2)C(N)CC3)CC1. The van der Waals surface area contributed by atoms with Crippen molar-refractivity contribution in [3.05, 3.63) is 29.3 Å². The van der Waals surface area contributed by atoms with E-state index < -0.39 is 0 Å². The fraction of sp³-hybridized carbons (Fsp3) is 0.571. The Hall–Kier alpha value is -1.06. The maximum atomic E-state index is 6.14. The lowest BCUT2D eigenvalue weighted by Crippen LogP contribution is -2.44. The Morgan fingerprint density at radius 2 is 1.94 bits per heavy atom. The van der Waals surface area contributed by atoms with Crippen molar-refractivity contribution in [2.24, 2.45) is 5.73 Å². The average molecular weight is 231 g/mol. The van der Waals surface area contributed by atoms with Crippen molar-refractivity contribution in [1.29, 1.82) is 0 Å². The third-order valence-corrected chi connectivity index (χ3v) is 4.12. The van der Waals surface area contributed by atoms with Gasteiger partial charge in [-0.25, -0.2) is 0 Å². The molecule has 0 saturated carbocycles. The molecule has 1 saturated heterocycles. The van der Waals surface area contributed by atoms with Gasteiger partial charge in [-0.15, -0.1) is 0 Å². The molecule has 1 aromatic carbocycles. The first kappa shape index (κ1) is 11.1. The number of anilines is 1. The van der Waals surface area contributed by atoms with Crippen LogP contribution in [0, 0.1) is 0 Å². The van der Waals surface area contributed by atoms with Gasteiger partial charge in [0.25, 0.3) is 0 Å². The quantitative estimate of drug-likeness (QED) is 0.792. The van der Waals surface area contributed by atoms with Crippen molar-refractivity contribution in [3.8, 4) is 0 Å². The van der Waals surface area contributed by atoms with E-state index in [1.165, 1.54) is 16.8 Å². The van der Waals surface area contributed by atoms with Gasteiger partial charge in [-0.3, -0.25) is 0 Å². The van der Waals surface area contributed by atoms with Crippen LogP contribution in [0.5, 0.6) is 0 Å². The number of hydrogen-bond acceptors (Lipinski definition) is 3. The van der Waals surface area contributed by atoms with Crippen LogP contribution in [0.25, 0.3) is 0 Å². The molecule has 1 aliphatic heterocycles. The average Bonchev–Trinajstić information content (AvgIpc) is 2.72. The minimum absolute atomic E-state index is 0.261. The Bertz CT molecular complexity index is 408. The van der Waals surface area contributed by atoms with E-state index in [0.29, 0.717) is 0 Å². The van der Waals surface area contributed by atoms with Crippen LogP contribution in [0.2, 0.25) is 0 Å². The summed E-state index contributed by atoms with van der Waals surface area (Å²) in [4.78, 5) is 4.86. The lowest BCUT2D eigenvalue weighted by Gasteiger charge is -2.34. The molecule has 1 atom stereocenters. The zero-order valence-electron chi connectivity index (χ0n) is 10.5. The summed E-state index contributed by atoms with van der Waals surface area (Å²) in [6.45, 7) is 4.57. The van der Waals surface area contributed by atoms with Crippen LogP contribution in [-0.2, 0) is 6.42 Å². The highest BCUT2D eigenvalue weighted by molar-refractivity contribution is 5.53. The molecule has 2 aliphatic rings. The predicted molar refractivity (Wildman–Crippen MR) is 71.4 cm³/mol. The molecular formula is C14H21N3. The molecule has 2 N–H and O–H groups in total. The number of piperazine rings is 1. The van der Waals surface area contributed by atoms with Gasteiger partial charge in [-0.05, 0) is 43.1 Å². The van der Waals surface area contributed by atoms with Crippen molar-refractivity contribution in [1.82, 2.24) is 4.90 Å². The number of nitrogens with two attached hydrogens (primary N) is 1. The second-order valence-electron chi connectivity index (χ2n) is 5.32. The van der Waals surface area contributed by atoms with Crippen LogP contribution in [0.3, 0.4) is 0 Å². The normalized spacial score (nSPS) is 25.1. The number of rotatable bonds is 1. The summed E-state index contributed by atoms with van der Waals surface area (Å²) >= 11 is 0. The molecule has 0 amide bonds. The van der Waals surface area contributed by atoms with Crippen molar-refractivity contribution in [2.45, 2.75) is 18.9 Å². The zero-order valence-corrected chi connectivity index (χ0v) is 10.5. The number of nitrogens with zero attached hydrogens (tertiary/aromatic N) is 2. The van der Waals surface area contributed by atoms with Gasteiger partial charge in [0.1, 0.15) is 0 Å². The van der Waals surface area contributed by atoms with Crippen LogP contribution in [-0.4, -0.2) is 38.1 Å². The van der Waals surface area contributed by atoms with Gasteiger partial charge in [0, 0.05) is 37.9 Å². The molecule has 1 aromatic rings. The van der Waals surface area contributed by atoms with Gasteiger partial charge in [0.2, 0.25) is 0 Å². The highest BCUT2D eigenvalue weighted by Gasteiger charge is 2.21. The van der Waals surface area contributed by atoms with Crippen LogP contribution in [0.1, 0.15) is 23.6 Å². The number of fused-ring (bicyclic) bond motifs is 1. The molecule has 3 rings (SSSR count). The van der Waals surface area contributed by atoms with E-state index in [9.17, 15) is 0 Å². The zero-order chi connectivity index (χ0) is 11.8. The Balaban J connectivity index is 1.82. The lowest BCUT2D eigenvalue weighted by molar-refractivity contribution is 0.313. The van der Waals surface area contributed by atoms with Crippen LogP contribution < -0.4 is 10.6 Å². The molecule has 1 aliphatic carbocycles. The van der Waals surface area contributed by atoms with Crippen molar-refractivity contribution >= 4 is 5.69 Å². The Morgan fingerprint density at radius 3 is 2.71 bits per heavy atom. The largest absolute Gasteiger partial charge is 0.369 e. The van der Waals surface area contributed by atoms with Gasteiger partial charge < -0.3 is 15.5 Å². The molecule has 17 heavy (non-hydrogen) atoms. The molecule has 1 fully saturated rings. The minimum atomic E-state index is 0.261. The van der Waals surface area contributed by atoms with E-state index in [4.69, 9.17) is 5.73 Å². The first-order valence-electron chi connectivity index (χ1n) is 6.56. The summed E-state index contributed by atoms with van der Waals surface area (Å²) in [5, 5.41) is 0. The Labute approximate surface area is 103 Å². The third kappa shape index (κ3) is 2.05. The molecular weight excluding hydrogens is 210 g/mol. The van der Waals surface area contributed by atoms with E-state index in [-0.39, 0.29) is 6.04 Å². The second kappa shape index (κ2) is 4.31. The predicted octanol–water partition coefficient (Wildman–Crippen LogP) is 1.38. The third-order valence-electron chi connectivity index (χ3n) is 4.12. The maximum absolute atomic E-state index is 6.14. The van der Waals surface area contributed by atoms with Crippen molar-refractivity contribution < 1.29 is 0 Å². The molecule has 92 valence electrons. The van der Waals surface area contributed by atoms with Gasteiger partial charge in [-0.2, -0.15) is 0 Å². The number of hydrogen-bond donors (Lipinski definition) is 1. The summed E-state index contributed by atoms with van der Waals surface area (Å²) in [5.41, 5.74) is 10.3. The van der Waals surface area contributed by atoms with Crippen molar-refractivity contribution in [2.75, 3.05) is 38.1 Å². The van der Waals surface area contributed by atoms with E-state index in [0.717, 1.165) is 39.0 Å². The first-order chi connectivity index (χ1) is 8.24. The summed E-state index contributed by atoms with van der Waals surface area (Å²) in [6, 6.07) is 7.12. The Kier molecular flexibility index (Phi) is 2.81. The van der Waals surface area contributed by atoms with E-state index >= 15 is 0 Å². The van der Waals surface area contributed by atoms with Gasteiger partial charge in [0.05, 0.1) is 0 Å². The summed E-state index contributed by atoms with van der Waals surface area (Å²) in [7, 11) is 2.19. The maximum Gasteiger partial charge on any atom is 0.0370 e. The molecule has 0 bridgehead atoms. The number of likely N-dealkylation sites (N-methyl/N-ethyl adjacent to an activating group) is 1. The first-order valence-corrected chi connectivity index (χ1v) is 6.56. The molecule has 3 nitrogen and oxygen atoms in total. The monoisotopic (exact) mass is 231 g/mol. The number of benzene rings is 1. The molecule has 0 aromatic heterocycles. The Morgan fingerprint density at radius 1 is 1.18 bits per heavy atom. The van der Waals surface area contributed by atoms with E-state index in [1.54, 1.807) is 0 Å². The molecule has 0 spiro atoms. The van der Waals surface area contributed by atoms with E-state index in [2.05, 4.69) is 35.0 Å². The van der Waals surface area contributed by atoms with E-state index in [1.807, 2.05) is 0 Å². The minimum Gasteiger partial charge on any atom is -0.369 e. The molecule has 1 unspecified atom stereocenters. The molecule has 1 heterocycles. The van der Waals surface area contributed by atoms with Crippen molar-refractivity contribution in [3.63, 3.8) is 0 Å². The second-order valence-corrected chi connectivity index (χ2v) is 5.32. The van der Waals surface area contributed by atoms with Crippen LogP contribution in [0.15, 0.2) is 18.2 Å². The van der Waals surface area contributed by atoms with Gasteiger partial charge in [-0.1, -0.05) is 6.07 Å².